The minimum Gasteiger partial charge on any atom is -0.479 e. The normalized spacial score (nSPS) is 37.1. The largest absolute Gasteiger partial charge is 0.479 e. The lowest BCUT2D eigenvalue weighted by molar-refractivity contribution is -0.161. The zero-order valence-electron chi connectivity index (χ0n) is 7.77. The molecule has 2 N–H and O–H groups in total. The van der Waals surface area contributed by atoms with E-state index in [1.807, 2.05) is 0 Å². The van der Waals surface area contributed by atoms with Crippen LogP contribution < -0.4 is 0 Å². The number of nitrogens with zero attached hydrogens (tertiary/aromatic N) is 1. The molecule has 2 atom stereocenters. The van der Waals surface area contributed by atoms with Gasteiger partial charge in [0.25, 0.3) is 0 Å². The van der Waals surface area contributed by atoms with Crippen molar-refractivity contribution in [2.45, 2.75) is 37.3 Å². The average Bonchev–Trinajstić information content (AvgIpc) is 2.42. The number of aliphatic carboxylic acids is 1. The Balaban J connectivity index is 2.30. The first kappa shape index (κ1) is 9.45. The van der Waals surface area contributed by atoms with Gasteiger partial charge in [-0.15, -0.1) is 0 Å². The van der Waals surface area contributed by atoms with Crippen LogP contribution in [0.1, 0.15) is 25.7 Å². The molecule has 2 fully saturated rings. The van der Waals surface area contributed by atoms with Crippen molar-refractivity contribution in [2.24, 2.45) is 0 Å². The van der Waals surface area contributed by atoms with Gasteiger partial charge >= 0.3 is 5.97 Å². The minimum atomic E-state index is -1.85. The summed E-state index contributed by atoms with van der Waals surface area (Å²) in [6, 6.07) is -0.513. The highest BCUT2D eigenvalue weighted by Crippen LogP contribution is 2.35. The van der Waals surface area contributed by atoms with E-state index in [1.165, 1.54) is 4.90 Å². The van der Waals surface area contributed by atoms with Gasteiger partial charge in [-0.25, -0.2) is 4.79 Å². The maximum absolute atomic E-state index is 11.4. The highest BCUT2D eigenvalue weighted by atomic mass is 16.4. The van der Waals surface area contributed by atoms with Gasteiger partial charge in [0.05, 0.1) is 12.5 Å². The number of fused-ring (bicyclic) bond motifs is 1. The molecule has 2 rings (SSSR count). The third-order valence-corrected chi connectivity index (χ3v) is 3.17. The molecular weight excluding hydrogens is 186 g/mol. The van der Waals surface area contributed by atoms with E-state index in [9.17, 15) is 14.7 Å². The summed E-state index contributed by atoms with van der Waals surface area (Å²) in [6.45, 7) is 0.582. The van der Waals surface area contributed by atoms with Gasteiger partial charge in [-0.2, -0.15) is 0 Å². The molecule has 0 spiro atoms. The summed E-state index contributed by atoms with van der Waals surface area (Å²) in [6.07, 6.45) is 2.10. The third kappa shape index (κ3) is 1.12. The SMILES string of the molecule is O=C1CC(O)(C(=O)O)C2CCCCN12. The molecule has 2 saturated heterocycles. The Kier molecular flexibility index (Phi) is 1.99. The first-order valence-electron chi connectivity index (χ1n) is 4.81. The molecule has 78 valence electrons. The Hall–Kier alpha value is -1.10. The maximum atomic E-state index is 11.4. The number of carbonyl (C=O) groups excluding carboxylic acids is 1. The van der Waals surface area contributed by atoms with E-state index in [-0.39, 0.29) is 12.3 Å². The van der Waals surface area contributed by atoms with Crippen molar-refractivity contribution in [1.82, 2.24) is 4.90 Å². The minimum absolute atomic E-state index is 0.236. The van der Waals surface area contributed by atoms with E-state index < -0.39 is 17.6 Å². The molecule has 2 unspecified atom stereocenters. The molecule has 0 aromatic rings. The molecule has 5 nitrogen and oxygen atoms in total. The molecule has 0 aromatic heterocycles. The van der Waals surface area contributed by atoms with Crippen LogP contribution in [0.25, 0.3) is 0 Å². The van der Waals surface area contributed by atoms with Crippen molar-refractivity contribution < 1.29 is 19.8 Å². The van der Waals surface area contributed by atoms with Gasteiger partial charge in [-0.05, 0) is 19.3 Å². The van der Waals surface area contributed by atoms with Gasteiger partial charge in [0.15, 0.2) is 5.60 Å². The standard InChI is InChI=1S/C9H13NO4/c11-7-5-9(14,8(12)13)6-3-1-2-4-10(6)7/h6,14H,1-5H2,(H,12,13). The zero-order valence-corrected chi connectivity index (χ0v) is 7.77. The Labute approximate surface area is 81.3 Å². The Morgan fingerprint density at radius 2 is 2.21 bits per heavy atom. The predicted octanol–water partition coefficient (Wildman–Crippen LogP) is -0.413. The number of piperidine rings is 1. The molecule has 2 aliphatic rings. The van der Waals surface area contributed by atoms with Crippen LogP contribution in [0.15, 0.2) is 0 Å². The fourth-order valence-electron chi connectivity index (χ4n) is 2.39. The second kappa shape index (κ2) is 2.95. The van der Waals surface area contributed by atoms with E-state index in [4.69, 9.17) is 5.11 Å². The summed E-state index contributed by atoms with van der Waals surface area (Å²) in [4.78, 5) is 23.8. The molecular formula is C9H13NO4. The van der Waals surface area contributed by atoms with Gasteiger partial charge in [-0.1, -0.05) is 0 Å². The molecule has 0 radical (unpaired) electrons. The van der Waals surface area contributed by atoms with E-state index in [0.29, 0.717) is 13.0 Å². The monoisotopic (exact) mass is 199 g/mol. The fraction of sp³-hybridized carbons (Fsp3) is 0.778. The van der Waals surface area contributed by atoms with Crippen molar-refractivity contribution in [2.75, 3.05) is 6.54 Å². The van der Waals surface area contributed by atoms with Crippen molar-refractivity contribution in [1.29, 1.82) is 0 Å². The molecule has 5 heteroatoms. The average molecular weight is 199 g/mol. The number of carboxylic acid groups (broad SMARTS) is 1. The van der Waals surface area contributed by atoms with Crippen LogP contribution in [0.5, 0.6) is 0 Å². The topological polar surface area (TPSA) is 77.8 Å². The summed E-state index contributed by atoms with van der Waals surface area (Å²) in [5.74, 6) is -1.51. The molecule has 0 bridgehead atoms. The zero-order chi connectivity index (χ0) is 10.3. The van der Waals surface area contributed by atoms with Crippen molar-refractivity contribution in [3.05, 3.63) is 0 Å². The van der Waals surface area contributed by atoms with Crippen LogP contribution in [-0.4, -0.2) is 45.2 Å². The van der Waals surface area contributed by atoms with E-state index in [0.717, 1.165) is 12.8 Å². The highest BCUT2D eigenvalue weighted by Gasteiger charge is 2.56. The summed E-state index contributed by atoms with van der Waals surface area (Å²) in [5.41, 5.74) is -1.85. The lowest BCUT2D eigenvalue weighted by Gasteiger charge is -2.34. The second-order valence-corrected chi connectivity index (χ2v) is 4.00. The van der Waals surface area contributed by atoms with Gasteiger partial charge in [0.1, 0.15) is 0 Å². The maximum Gasteiger partial charge on any atom is 0.338 e. The highest BCUT2D eigenvalue weighted by molar-refractivity contribution is 5.92. The Morgan fingerprint density at radius 1 is 1.50 bits per heavy atom. The second-order valence-electron chi connectivity index (χ2n) is 4.00. The van der Waals surface area contributed by atoms with Gasteiger partial charge in [0, 0.05) is 6.54 Å². The molecule has 0 aliphatic carbocycles. The smallest absolute Gasteiger partial charge is 0.338 e. The summed E-state index contributed by atoms with van der Waals surface area (Å²) < 4.78 is 0. The Bertz CT molecular complexity index is 291. The van der Waals surface area contributed by atoms with Crippen LogP contribution in [0.4, 0.5) is 0 Å². The molecule has 2 heterocycles. The Morgan fingerprint density at radius 3 is 2.86 bits per heavy atom. The van der Waals surface area contributed by atoms with Crippen LogP contribution in [0.2, 0.25) is 0 Å². The summed E-state index contributed by atoms with van der Waals surface area (Å²) in [7, 11) is 0. The lowest BCUT2D eigenvalue weighted by Crippen LogP contribution is -2.52. The van der Waals surface area contributed by atoms with Gasteiger partial charge in [0.2, 0.25) is 5.91 Å². The van der Waals surface area contributed by atoms with Gasteiger partial charge < -0.3 is 15.1 Å². The number of carbonyl (C=O) groups is 2. The van der Waals surface area contributed by atoms with E-state index in [1.54, 1.807) is 0 Å². The number of rotatable bonds is 1. The molecule has 0 saturated carbocycles. The van der Waals surface area contributed by atoms with Crippen LogP contribution >= 0.6 is 0 Å². The third-order valence-electron chi connectivity index (χ3n) is 3.17. The molecule has 14 heavy (non-hydrogen) atoms. The first-order chi connectivity index (χ1) is 6.55. The quantitative estimate of drug-likeness (QED) is 0.601. The lowest BCUT2D eigenvalue weighted by atomic mass is 9.89. The van der Waals surface area contributed by atoms with Crippen molar-refractivity contribution >= 4 is 11.9 Å². The molecule has 2 aliphatic heterocycles. The van der Waals surface area contributed by atoms with E-state index in [2.05, 4.69) is 0 Å². The molecule has 1 amide bonds. The van der Waals surface area contributed by atoms with Crippen molar-refractivity contribution in [3.63, 3.8) is 0 Å². The van der Waals surface area contributed by atoms with Crippen molar-refractivity contribution in [3.8, 4) is 0 Å². The number of carboxylic acids is 1. The molecule has 0 aromatic carbocycles. The number of hydrogen-bond donors (Lipinski definition) is 2. The van der Waals surface area contributed by atoms with Crippen LogP contribution in [-0.2, 0) is 9.59 Å². The first-order valence-corrected chi connectivity index (χ1v) is 4.81. The van der Waals surface area contributed by atoms with Gasteiger partial charge in [-0.3, -0.25) is 4.79 Å². The van der Waals surface area contributed by atoms with E-state index >= 15 is 0 Å². The predicted molar refractivity (Wildman–Crippen MR) is 46.6 cm³/mol. The summed E-state index contributed by atoms with van der Waals surface area (Å²) >= 11 is 0. The van der Waals surface area contributed by atoms with Crippen LogP contribution in [0, 0.1) is 0 Å². The fourth-order valence-corrected chi connectivity index (χ4v) is 2.39. The van der Waals surface area contributed by atoms with Crippen LogP contribution in [0.3, 0.4) is 0 Å². The number of amides is 1. The number of hydrogen-bond acceptors (Lipinski definition) is 3. The summed E-state index contributed by atoms with van der Waals surface area (Å²) in [5, 5.41) is 18.8. The number of aliphatic hydroxyl groups is 1.